The highest BCUT2D eigenvalue weighted by molar-refractivity contribution is 5.28. The third-order valence-electron chi connectivity index (χ3n) is 2.08. The van der Waals surface area contributed by atoms with E-state index in [9.17, 15) is 0 Å². The van der Waals surface area contributed by atoms with Crippen LogP contribution in [0.15, 0.2) is 24.3 Å². The van der Waals surface area contributed by atoms with Crippen LogP contribution in [0.25, 0.3) is 0 Å². The maximum Gasteiger partial charge on any atom is 0.119 e. The van der Waals surface area contributed by atoms with Crippen LogP contribution in [0.5, 0.6) is 5.75 Å². The molecule has 0 radical (unpaired) electrons. The summed E-state index contributed by atoms with van der Waals surface area (Å²) >= 11 is 0. The number of hydrogen-bond acceptors (Lipinski definition) is 3. The van der Waals surface area contributed by atoms with Gasteiger partial charge >= 0.3 is 0 Å². The highest BCUT2D eigenvalue weighted by Crippen LogP contribution is 2.12. The van der Waals surface area contributed by atoms with Crippen LogP contribution >= 0.6 is 0 Å². The first kappa shape index (κ1) is 13.0. The van der Waals surface area contributed by atoms with Gasteiger partial charge < -0.3 is 14.8 Å². The lowest BCUT2D eigenvalue weighted by Gasteiger charge is -2.10. The van der Waals surface area contributed by atoms with Gasteiger partial charge in [0.2, 0.25) is 0 Å². The van der Waals surface area contributed by atoms with E-state index in [-0.39, 0.29) is 6.10 Å². The summed E-state index contributed by atoms with van der Waals surface area (Å²) in [7, 11) is 1.93. The topological polar surface area (TPSA) is 30.5 Å². The van der Waals surface area contributed by atoms with Crippen LogP contribution in [0.1, 0.15) is 19.4 Å². The Hall–Kier alpha value is -1.06. The minimum Gasteiger partial charge on any atom is -0.491 e. The number of benzene rings is 1. The average molecular weight is 223 g/mol. The molecule has 0 bridgehead atoms. The average Bonchev–Trinajstić information content (AvgIpc) is 2.25. The normalized spacial score (nSPS) is 10.8. The van der Waals surface area contributed by atoms with Crippen molar-refractivity contribution in [1.82, 2.24) is 5.32 Å². The molecule has 0 fully saturated rings. The Morgan fingerprint density at radius 1 is 1.25 bits per heavy atom. The Kier molecular flexibility index (Phi) is 5.90. The van der Waals surface area contributed by atoms with E-state index in [0.717, 1.165) is 12.3 Å². The fraction of sp³-hybridized carbons (Fsp3) is 0.538. The lowest BCUT2D eigenvalue weighted by Crippen LogP contribution is -2.11. The zero-order chi connectivity index (χ0) is 11.8. The summed E-state index contributed by atoms with van der Waals surface area (Å²) < 4.78 is 11.0. The molecule has 1 rings (SSSR count). The molecule has 0 saturated heterocycles. The number of ether oxygens (including phenoxy) is 2. The van der Waals surface area contributed by atoms with Crippen LogP contribution in [0.2, 0.25) is 0 Å². The molecule has 16 heavy (non-hydrogen) atoms. The highest BCUT2D eigenvalue weighted by atomic mass is 16.5. The van der Waals surface area contributed by atoms with Crippen molar-refractivity contribution < 1.29 is 9.47 Å². The van der Waals surface area contributed by atoms with Crippen molar-refractivity contribution in [2.75, 3.05) is 20.3 Å². The molecular weight excluding hydrogens is 202 g/mol. The largest absolute Gasteiger partial charge is 0.491 e. The molecule has 3 heteroatoms. The van der Waals surface area contributed by atoms with Crippen LogP contribution < -0.4 is 10.1 Å². The van der Waals surface area contributed by atoms with Crippen LogP contribution in [-0.2, 0) is 11.3 Å². The molecule has 3 nitrogen and oxygen atoms in total. The van der Waals surface area contributed by atoms with Gasteiger partial charge in [0.1, 0.15) is 12.4 Å². The SMILES string of the molecule is CNCc1cccc(OCCOC(C)C)c1. The molecule has 0 aromatic heterocycles. The van der Waals surface area contributed by atoms with E-state index in [0.29, 0.717) is 13.2 Å². The van der Waals surface area contributed by atoms with Crippen molar-refractivity contribution in [2.24, 2.45) is 0 Å². The number of rotatable bonds is 7. The Bertz CT molecular complexity index is 300. The van der Waals surface area contributed by atoms with E-state index in [2.05, 4.69) is 11.4 Å². The molecule has 1 N–H and O–H groups in total. The zero-order valence-corrected chi connectivity index (χ0v) is 10.3. The Balaban J connectivity index is 2.33. The molecule has 0 saturated carbocycles. The van der Waals surface area contributed by atoms with Crippen molar-refractivity contribution in [3.05, 3.63) is 29.8 Å². The minimum atomic E-state index is 0.263. The summed E-state index contributed by atoms with van der Waals surface area (Å²) in [5.41, 5.74) is 1.23. The lowest BCUT2D eigenvalue weighted by molar-refractivity contribution is 0.0552. The van der Waals surface area contributed by atoms with Gasteiger partial charge in [0.25, 0.3) is 0 Å². The summed E-state index contributed by atoms with van der Waals surface area (Å²) in [6, 6.07) is 8.10. The first-order valence-corrected chi connectivity index (χ1v) is 5.70. The molecule has 0 atom stereocenters. The summed E-state index contributed by atoms with van der Waals surface area (Å²) in [5, 5.41) is 3.11. The van der Waals surface area contributed by atoms with Crippen LogP contribution in [0.3, 0.4) is 0 Å². The smallest absolute Gasteiger partial charge is 0.119 e. The van der Waals surface area contributed by atoms with Gasteiger partial charge in [-0.3, -0.25) is 0 Å². The van der Waals surface area contributed by atoms with Gasteiger partial charge in [-0.1, -0.05) is 12.1 Å². The van der Waals surface area contributed by atoms with Crippen LogP contribution in [0, 0.1) is 0 Å². The number of nitrogens with one attached hydrogen (secondary N) is 1. The first-order valence-electron chi connectivity index (χ1n) is 5.70. The van der Waals surface area contributed by atoms with E-state index >= 15 is 0 Å². The Morgan fingerprint density at radius 3 is 2.75 bits per heavy atom. The van der Waals surface area contributed by atoms with Gasteiger partial charge in [-0.25, -0.2) is 0 Å². The zero-order valence-electron chi connectivity index (χ0n) is 10.3. The molecule has 0 aliphatic rings. The van der Waals surface area contributed by atoms with Gasteiger partial charge in [-0.2, -0.15) is 0 Å². The molecule has 0 aliphatic heterocycles. The van der Waals surface area contributed by atoms with E-state index in [4.69, 9.17) is 9.47 Å². The Morgan fingerprint density at radius 2 is 2.06 bits per heavy atom. The monoisotopic (exact) mass is 223 g/mol. The van der Waals surface area contributed by atoms with Gasteiger partial charge in [0.05, 0.1) is 12.7 Å². The van der Waals surface area contributed by atoms with Crippen molar-refractivity contribution in [1.29, 1.82) is 0 Å². The summed E-state index contributed by atoms with van der Waals surface area (Å²) in [6.07, 6.45) is 0.263. The number of hydrogen-bond donors (Lipinski definition) is 1. The van der Waals surface area contributed by atoms with Crippen molar-refractivity contribution in [3.8, 4) is 5.75 Å². The molecule has 0 spiro atoms. The van der Waals surface area contributed by atoms with Gasteiger partial charge in [-0.05, 0) is 38.6 Å². The molecule has 0 heterocycles. The molecule has 0 aliphatic carbocycles. The van der Waals surface area contributed by atoms with Crippen molar-refractivity contribution in [3.63, 3.8) is 0 Å². The molecule has 1 aromatic carbocycles. The van der Waals surface area contributed by atoms with Gasteiger partial charge in [0.15, 0.2) is 0 Å². The van der Waals surface area contributed by atoms with Gasteiger partial charge in [0, 0.05) is 6.54 Å². The highest BCUT2D eigenvalue weighted by Gasteiger charge is 1.97. The molecule has 90 valence electrons. The Labute approximate surface area is 97.8 Å². The minimum absolute atomic E-state index is 0.263. The van der Waals surface area contributed by atoms with Crippen molar-refractivity contribution in [2.45, 2.75) is 26.5 Å². The summed E-state index contributed by atoms with van der Waals surface area (Å²) in [4.78, 5) is 0. The maximum atomic E-state index is 5.59. The second-order valence-corrected chi connectivity index (χ2v) is 3.95. The van der Waals surface area contributed by atoms with Crippen molar-refractivity contribution >= 4 is 0 Å². The summed E-state index contributed by atoms with van der Waals surface area (Å²) in [6.45, 7) is 6.13. The molecule has 0 amide bonds. The maximum absolute atomic E-state index is 5.59. The second-order valence-electron chi connectivity index (χ2n) is 3.95. The molecular formula is C13H21NO2. The van der Waals surface area contributed by atoms with Crippen LogP contribution in [0.4, 0.5) is 0 Å². The summed E-state index contributed by atoms with van der Waals surface area (Å²) in [5.74, 6) is 0.903. The van der Waals surface area contributed by atoms with E-state index in [1.54, 1.807) is 0 Å². The predicted molar refractivity (Wildman–Crippen MR) is 65.8 cm³/mol. The van der Waals surface area contributed by atoms with Crippen LogP contribution in [-0.4, -0.2) is 26.4 Å². The van der Waals surface area contributed by atoms with Gasteiger partial charge in [-0.15, -0.1) is 0 Å². The standard InChI is InChI=1S/C13H21NO2/c1-11(2)15-7-8-16-13-6-4-5-12(9-13)10-14-3/h4-6,9,11,14H,7-8,10H2,1-3H3. The van der Waals surface area contributed by atoms with E-state index in [1.165, 1.54) is 5.56 Å². The molecule has 1 aromatic rings. The fourth-order valence-corrected chi connectivity index (χ4v) is 1.39. The third-order valence-corrected chi connectivity index (χ3v) is 2.08. The molecule has 0 unspecified atom stereocenters. The third kappa shape index (κ3) is 5.14. The van der Waals surface area contributed by atoms with E-state index in [1.807, 2.05) is 39.1 Å². The predicted octanol–water partition coefficient (Wildman–Crippen LogP) is 2.21. The quantitative estimate of drug-likeness (QED) is 0.719. The lowest BCUT2D eigenvalue weighted by atomic mass is 10.2. The first-order chi connectivity index (χ1) is 7.72. The fourth-order valence-electron chi connectivity index (χ4n) is 1.39. The second kappa shape index (κ2) is 7.25. The van der Waals surface area contributed by atoms with E-state index < -0.39 is 0 Å².